The van der Waals surface area contributed by atoms with Gasteiger partial charge in [-0.05, 0) is 40.9 Å². The van der Waals surface area contributed by atoms with Gasteiger partial charge >= 0.3 is 0 Å². The van der Waals surface area contributed by atoms with Gasteiger partial charge in [-0.1, -0.05) is 0 Å². The van der Waals surface area contributed by atoms with E-state index < -0.39 is 0 Å². The molecular formula is C12H14BrN3S. The molecule has 0 spiro atoms. The minimum Gasteiger partial charge on any atom is -0.308 e. The fourth-order valence-corrected chi connectivity index (χ4v) is 4.30. The van der Waals surface area contributed by atoms with Gasteiger partial charge < -0.3 is 4.90 Å². The van der Waals surface area contributed by atoms with Crippen molar-refractivity contribution < 1.29 is 0 Å². The molecule has 2 fully saturated rings. The molecule has 3 rings (SSSR count). The van der Waals surface area contributed by atoms with Crippen LogP contribution in [0.25, 0.3) is 0 Å². The van der Waals surface area contributed by atoms with Crippen LogP contribution in [0.2, 0.25) is 0 Å². The molecule has 1 saturated carbocycles. The van der Waals surface area contributed by atoms with Crippen molar-refractivity contribution in [1.82, 2.24) is 9.80 Å². The van der Waals surface area contributed by atoms with Gasteiger partial charge in [0.1, 0.15) is 0 Å². The fraction of sp³-hybridized carbons (Fsp3) is 0.583. The molecule has 17 heavy (non-hydrogen) atoms. The van der Waals surface area contributed by atoms with E-state index in [-0.39, 0.29) is 0 Å². The Morgan fingerprint density at radius 2 is 1.94 bits per heavy atom. The molecule has 90 valence electrons. The Bertz CT molecular complexity index is 453. The minimum atomic E-state index is 0.304. The van der Waals surface area contributed by atoms with Crippen molar-refractivity contribution in [3.05, 3.63) is 20.8 Å². The maximum Gasteiger partial charge on any atom is 0.179 e. The van der Waals surface area contributed by atoms with Crippen LogP contribution in [-0.4, -0.2) is 36.0 Å². The van der Waals surface area contributed by atoms with Gasteiger partial charge in [-0.25, -0.2) is 0 Å². The van der Waals surface area contributed by atoms with E-state index in [4.69, 9.17) is 5.26 Å². The Balaban J connectivity index is 1.75. The number of hydrogen-bond acceptors (Lipinski definition) is 4. The van der Waals surface area contributed by atoms with Gasteiger partial charge in [-0.15, -0.1) is 11.3 Å². The predicted molar refractivity (Wildman–Crippen MR) is 71.7 cm³/mol. The van der Waals surface area contributed by atoms with Crippen molar-refractivity contribution in [1.29, 1.82) is 5.26 Å². The fourth-order valence-electron chi connectivity index (χ4n) is 2.64. The van der Waals surface area contributed by atoms with Crippen molar-refractivity contribution in [2.45, 2.75) is 18.4 Å². The van der Waals surface area contributed by atoms with E-state index in [0.717, 1.165) is 26.2 Å². The average molecular weight is 312 g/mol. The molecule has 1 aliphatic heterocycles. The van der Waals surface area contributed by atoms with Crippen LogP contribution in [0.15, 0.2) is 15.9 Å². The van der Waals surface area contributed by atoms with E-state index in [2.05, 4.69) is 39.2 Å². The van der Waals surface area contributed by atoms with Gasteiger partial charge in [-0.2, -0.15) is 5.26 Å². The average Bonchev–Trinajstić information content (AvgIpc) is 3.06. The zero-order chi connectivity index (χ0) is 11.9. The highest BCUT2D eigenvalue weighted by Crippen LogP contribution is 2.53. The molecule has 0 aromatic carbocycles. The molecule has 3 nitrogen and oxygen atoms in total. The first-order valence-electron chi connectivity index (χ1n) is 5.90. The summed E-state index contributed by atoms with van der Waals surface area (Å²) in [4.78, 5) is 5.91. The standard InChI is InChI=1S/C12H14BrN3S/c13-11-2-1-10(17-11)12(3-4-12)16-7-5-15(9-14)6-8-16/h1-2H,3-8H2. The third-order valence-electron chi connectivity index (χ3n) is 3.78. The van der Waals surface area contributed by atoms with Crippen LogP contribution in [0.5, 0.6) is 0 Å². The summed E-state index contributed by atoms with van der Waals surface area (Å²) in [5.41, 5.74) is 0.304. The van der Waals surface area contributed by atoms with Crippen molar-refractivity contribution in [2.75, 3.05) is 26.2 Å². The molecule has 1 aliphatic carbocycles. The maximum atomic E-state index is 8.87. The normalized spacial score (nSPS) is 23.4. The second-order valence-electron chi connectivity index (χ2n) is 4.71. The largest absolute Gasteiger partial charge is 0.308 e. The topological polar surface area (TPSA) is 30.3 Å². The number of thiophene rings is 1. The van der Waals surface area contributed by atoms with Gasteiger partial charge in [0.2, 0.25) is 0 Å². The van der Waals surface area contributed by atoms with E-state index in [1.807, 2.05) is 16.2 Å². The van der Waals surface area contributed by atoms with Crippen LogP contribution in [0, 0.1) is 11.5 Å². The molecule has 0 unspecified atom stereocenters. The van der Waals surface area contributed by atoms with Crippen LogP contribution in [0.1, 0.15) is 17.7 Å². The van der Waals surface area contributed by atoms with E-state index in [1.54, 1.807) is 0 Å². The highest BCUT2D eigenvalue weighted by atomic mass is 79.9. The number of nitrogens with zero attached hydrogens (tertiary/aromatic N) is 3. The number of hydrogen-bond donors (Lipinski definition) is 0. The molecule has 1 saturated heterocycles. The molecule has 1 aromatic rings. The van der Waals surface area contributed by atoms with E-state index >= 15 is 0 Å². The summed E-state index contributed by atoms with van der Waals surface area (Å²) < 4.78 is 1.22. The first-order chi connectivity index (χ1) is 8.24. The van der Waals surface area contributed by atoms with Crippen molar-refractivity contribution in [2.24, 2.45) is 0 Å². The molecule has 2 aliphatic rings. The summed E-state index contributed by atoms with van der Waals surface area (Å²) in [5.74, 6) is 0. The summed E-state index contributed by atoms with van der Waals surface area (Å²) in [7, 11) is 0. The lowest BCUT2D eigenvalue weighted by Crippen LogP contribution is -2.48. The highest BCUT2D eigenvalue weighted by molar-refractivity contribution is 9.11. The predicted octanol–water partition coefficient (Wildman–Crippen LogP) is 2.60. The van der Waals surface area contributed by atoms with E-state index in [9.17, 15) is 0 Å². The lowest BCUT2D eigenvalue weighted by molar-refractivity contribution is 0.113. The smallest absolute Gasteiger partial charge is 0.179 e. The zero-order valence-corrected chi connectivity index (χ0v) is 11.9. The minimum absolute atomic E-state index is 0.304. The van der Waals surface area contributed by atoms with Crippen molar-refractivity contribution in [3.8, 4) is 6.19 Å². The lowest BCUT2D eigenvalue weighted by Gasteiger charge is -2.37. The van der Waals surface area contributed by atoms with Crippen LogP contribution in [0.3, 0.4) is 0 Å². The van der Waals surface area contributed by atoms with Gasteiger partial charge in [-0.3, -0.25) is 4.90 Å². The van der Waals surface area contributed by atoms with Gasteiger partial charge in [0.05, 0.1) is 9.33 Å². The summed E-state index contributed by atoms with van der Waals surface area (Å²) >= 11 is 5.40. The first kappa shape index (κ1) is 11.5. The van der Waals surface area contributed by atoms with Gasteiger partial charge in [0.15, 0.2) is 6.19 Å². The van der Waals surface area contributed by atoms with E-state index in [0.29, 0.717) is 5.54 Å². The van der Waals surface area contributed by atoms with Crippen molar-refractivity contribution in [3.63, 3.8) is 0 Å². The Kier molecular flexibility index (Phi) is 2.89. The number of halogens is 1. The number of rotatable bonds is 2. The Morgan fingerprint density at radius 3 is 2.41 bits per heavy atom. The molecule has 0 N–H and O–H groups in total. The Hall–Kier alpha value is -0.570. The molecular weight excluding hydrogens is 298 g/mol. The molecule has 0 atom stereocenters. The van der Waals surface area contributed by atoms with E-state index in [1.165, 1.54) is 21.5 Å². The SMILES string of the molecule is N#CN1CCN(C2(c3ccc(Br)s3)CC2)CC1. The molecule has 2 heterocycles. The van der Waals surface area contributed by atoms with Crippen LogP contribution in [0.4, 0.5) is 0 Å². The number of nitriles is 1. The third-order valence-corrected chi connectivity index (χ3v) is 5.60. The third kappa shape index (κ3) is 1.99. The Morgan fingerprint density at radius 1 is 1.24 bits per heavy atom. The summed E-state index contributed by atoms with van der Waals surface area (Å²) in [5, 5.41) is 8.87. The van der Waals surface area contributed by atoms with Crippen LogP contribution in [-0.2, 0) is 5.54 Å². The first-order valence-corrected chi connectivity index (χ1v) is 7.51. The molecule has 5 heteroatoms. The maximum absolute atomic E-state index is 8.87. The zero-order valence-electron chi connectivity index (χ0n) is 9.53. The summed E-state index contributed by atoms with van der Waals surface area (Å²) in [6.45, 7) is 3.79. The van der Waals surface area contributed by atoms with Crippen LogP contribution >= 0.6 is 27.3 Å². The van der Waals surface area contributed by atoms with Crippen LogP contribution < -0.4 is 0 Å². The molecule has 1 aromatic heterocycles. The quantitative estimate of drug-likeness (QED) is 0.787. The van der Waals surface area contributed by atoms with Gasteiger partial charge in [0.25, 0.3) is 0 Å². The second kappa shape index (κ2) is 4.27. The Labute approximate surface area is 114 Å². The summed E-state index contributed by atoms with van der Waals surface area (Å²) in [6, 6.07) is 4.39. The van der Waals surface area contributed by atoms with Crippen molar-refractivity contribution >= 4 is 27.3 Å². The second-order valence-corrected chi connectivity index (χ2v) is 7.17. The molecule has 0 radical (unpaired) electrons. The highest BCUT2D eigenvalue weighted by Gasteiger charge is 2.50. The number of piperazine rings is 1. The molecule has 0 amide bonds. The lowest BCUT2D eigenvalue weighted by atomic mass is 10.1. The monoisotopic (exact) mass is 311 g/mol. The molecule has 0 bridgehead atoms. The van der Waals surface area contributed by atoms with Gasteiger partial charge in [0, 0.05) is 31.1 Å². The summed E-state index contributed by atoms with van der Waals surface area (Å²) in [6.07, 6.45) is 4.78.